The van der Waals surface area contributed by atoms with Crippen LogP contribution in [0.25, 0.3) is 0 Å². The van der Waals surface area contributed by atoms with Gasteiger partial charge in [0.25, 0.3) is 0 Å². The van der Waals surface area contributed by atoms with Crippen LogP contribution in [0.4, 0.5) is 0 Å². The van der Waals surface area contributed by atoms with Gasteiger partial charge in [-0.25, -0.2) is 4.79 Å². The molecule has 2 heterocycles. The van der Waals surface area contributed by atoms with Gasteiger partial charge < -0.3 is 4.42 Å². The van der Waals surface area contributed by atoms with Crippen molar-refractivity contribution < 1.29 is 4.42 Å². The van der Waals surface area contributed by atoms with E-state index >= 15 is 0 Å². The highest BCUT2D eigenvalue weighted by molar-refractivity contribution is 7.98. The predicted molar refractivity (Wildman–Crippen MR) is 104 cm³/mol. The second kappa shape index (κ2) is 7.51. The Morgan fingerprint density at radius 3 is 2.85 bits per heavy atom. The minimum atomic E-state index is -0.223. The number of aromatic nitrogens is 2. The Morgan fingerprint density at radius 2 is 2.08 bits per heavy atom. The minimum absolute atomic E-state index is 0.223. The number of fused-ring (bicyclic) bond motifs is 1. The summed E-state index contributed by atoms with van der Waals surface area (Å²) in [7, 11) is 0. The van der Waals surface area contributed by atoms with Crippen LogP contribution >= 0.6 is 35.0 Å². The van der Waals surface area contributed by atoms with Gasteiger partial charge in [0.2, 0.25) is 0 Å². The first-order valence-corrected chi connectivity index (χ1v) is 10.1. The SMILES string of the molecule is O=c1nc(SCc2ccc(Cl)c(Cl)c2)c2c(n1Cc1ccco1)CCC2. The molecule has 0 bridgehead atoms. The third-order valence-corrected chi connectivity index (χ3v) is 6.28. The van der Waals surface area contributed by atoms with Crippen molar-refractivity contribution in [1.29, 1.82) is 0 Å². The fourth-order valence-corrected chi connectivity index (χ4v) is 4.55. The summed E-state index contributed by atoms with van der Waals surface area (Å²) in [5.74, 6) is 1.46. The molecule has 0 fully saturated rings. The molecule has 0 unspecified atom stereocenters. The lowest BCUT2D eigenvalue weighted by molar-refractivity contribution is 0.481. The molecule has 0 N–H and O–H groups in total. The smallest absolute Gasteiger partial charge is 0.349 e. The van der Waals surface area contributed by atoms with Crippen LogP contribution in [0.3, 0.4) is 0 Å². The molecule has 1 aliphatic rings. The first-order chi connectivity index (χ1) is 12.6. The first-order valence-electron chi connectivity index (χ1n) is 8.33. The predicted octanol–water partition coefficient (Wildman–Crippen LogP) is 4.97. The van der Waals surface area contributed by atoms with Gasteiger partial charge in [0.05, 0.1) is 22.9 Å². The Kier molecular flexibility index (Phi) is 5.11. The Bertz CT molecular complexity index is 1000. The molecule has 0 radical (unpaired) electrons. The van der Waals surface area contributed by atoms with E-state index in [-0.39, 0.29) is 5.69 Å². The molecule has 4 rings (SSSR count). The van der Waals surface area contributed by atoms with Crippen molar-refractivity contribution in [2.45, 2.75) is 36.6 Å². The van der Waals surface area contributed by atoms with Crippen molar-refractivity contribution in [2.24, 2.45) is 0 Å². The zero-order valence-corrected chi connectivity index (χ0v) is 16.2. The normalized spacial score (nSPS) is 13.2. The van der Waals surface area contributed by atoms with Gasteiger partial charge in [-0.1, -0.05) is 29.3 Å². The molecule has 4 nitrogen and oxygen atoms in total. The topological polar surface area (TPSA) is 48.0 Å². The minimum Gasteiger partial charge on any atom is -0.467 e. The monoisotopic (exact) mass is 406 g/mol. The first kappa shape index (κ1) is 17.7. The van der Waals surface area contributed by atoms with Crippen LogP contribution in [-0.2, 0) is 25.1 Å². The largest absolute Gasteiger partial charge is 0.467 e. The maximum atomic E-state index is 12.6. The van der Waals surface area contributed by atoms with E-state index in [4.69, 9.17) is 27.6 Å². The summed E-state index contributed by atoms with van der Waals surface area (Å²) in [4.78, 5) is 16.9. The van der Waals surface area contributed by atoms with Gasteiger partial charge in [-0.3, -0.25) is 4.57 Å². The van der Waals surface area contributed by atoms with E-state index in [0.717, 1.165) is 41.3 Å². The van der Waals surface area contributed by atoms with Crippen LogP contribution < -0.4 is 5.69 Å². The molecule has 2 aromatic heterocycles. The van der Waals surface area contributed by atoms with Crippen molar-refractivity contribution in [3.8, 4) is 0 Å². The average Bonchev–Trinajstić information content (AvgIpc) is 3.30. The molecule has 0 spiro atoms. The molecule has 0 aliphatic heterocycles. The van der Waals surface area contributed by atoms with Gasteiger partial charge in [-0.05, 0) is 49.1 Å². The second-order valence-electron chi connectivity index (χ2n) is 6.18. The van der Waals surface area contributed by atoms with Crippen molar-refractivity contribution in [1.82, 2.24) is 9.55 Å². The Hall–Kier alpha value is -1.69. The van der Waals surface area contributed by atoms with Crippen molar-refractivity contribution >= 4 is 35.0 Å². The van der Waals surface area contributed by atoms with E-state index in [2.05, 4.69) is 4.98 Å². The van der Waals surface area contributed by atoms with Gasteiger partial charge >= 0.3 is 5.69 Å². The Balaban J connectivity index is 1.61. The number of thioether (sulfide) groups is 1. The van der Waals surface area contributed by atoms with E-state index < -0.39 is 0 Å². The zero-order valence-electron chi connectivity index (χ0n) is 13.9. The molecule has 3 aromatic rings. The van der Waals surface area contributed by atoms with Gasteiger partial charge in [-0.2, -0.15) is 4.98 Å². The average molecular weight is 407 g/mol. The van der Waals surface area contributed by atoms with Crippen LogP contribution in [0.5, 0.6) is 0 Å². The fourth-order valence-electron chi connectivity index (χ4n) is 3.21. The summed E-state index contributed by atoms with van der Waals surface area (Å²) in [6.45, 7) is 0.429. The van der Waals surface area contributed by atoms with Crippen molar-refractivity contribution in [3.63, 3.8) is 0 Å². The lowest BCUT2D eigenvalue weighted by Crippen LogP contribution is -2.27. The fraction of sp³-hybridized carbons (Fsp3) is 0.263. The number of rotatable bonds is 5. The number of furan rings is 1. The summed E-state index contributed by atoms with van der Waals surface area (Å²) in [5, 5.41) is 1.90. The lowest BCUT2D eigenvalue weighted by atomic mass is 10.2. The number of halogens is 2. The third-order valence-electron chi connectivity index (χ3n) is 4.45. The van der Waals surface area contributed by atoms with Crippen LogP contribution in [-0.4, -0.2) is 9.55 Å². The Morgan fingerprint density at radius 1 is 1.19 bits per heavy atom. The number of hydrogen-bond acceptors (Lipinski definition) is 4. The molecule has 0 atom stereocenters. The standard InChI is InChI=1S/C19H16Cl2N2O2S/c20-15-7-6-12(9-16(15)21)11-26-18-14-4-1-5-17(14)23(19(24)22-18)10-13-3-2-8-25-13/h2-3,6-9H,1,4-5,10-11H2. The molecule has 1 aliphatic carbocycles. The molecular weight excluding hydrogens is 391 g/mol. The second-order valence-corrected chi connectivity index (χ2v) is 7.96. The maximum Gasteiger partial charge on any atom is 0.349 e. The number of nitrogens with zero attached hydrogens (tertiary/aromatic N) is 2. The molecule has 1 aromatic carbocycles. The summed E-state index contributed by atoms with van der Waals surface area (Å²) >= 11 is 13.6. The van der Waals surface area contributed by atoms with Crippen molar-refractivity contribution in [3.05, 3.63) is 79.7 Å². The highest BCUT2D eigenvalue weighted by Crippen LogP contribution is 2.32. The summed E-state index contributed by atoms with van der Waals surface area (Å²) in [6, 6.07) is 9.30. The number of hydrogen-bond donors (Lipinski definition) is 0. The van der Waals surface area contributed by atoms with E-state index in [9.17, 15) is 4.79 Å². The van der Waals surface area contributed by atoms with Crippen LogP contribution in [0.2, 0.25) is 10.0 Å². The zero-order chi connectivity index (χ0) is 18.1. The van der Waals surface area contributed by atoms with Crippen LogP contribution in [0.15, 0.2) is 50.8 Å². The molecular formula is C19H16Cl2N2O2S. The van der Waals surface area contributed by atoms with Gasteiger partial charge in [0.1, 0.15) is 10.8 Å². The Labute approximate surface area is 165 Å². The quantitative estimate of drug-likeness (QED) is 0.443. The van der Waals surface area contributed by atoms with Crippen LogP contribution in [0.1, 0.15) is 29.0 Å². The summed E-state index contributed by atoms with van der Waals surface area (Å²) in [6.07, 6.45) is 4.51. The van der Waals surface area contributed by atoms with E-state index in [1.54, 1.807) is 28.7 Å². The maximum absolute atomic E-state index is 12.6. The summed E-state index contributed by atoms with van der Waals surface area (Å²) in [5.41, 5.74) is 3.09. The van der Waals surface area contributed by atoms with Gasteiger partial charge in [0, 0.05) is 17.0 Å². The molecule has 26 heavy (non-hydrogen) atoms. The highest BCUT2D eigenvalue weighted by Gasteiger charge is 2.22. The molecule has 0 amide bonds. The van der Waals surface area contributed by atoms with E-state index in [1.165, 1.54) is 5.56 Å². The van der Waals surface area contributed by atoms with Crippen LogP contribution in [0, 0.1) is 0 Å². The molecule has 134 valence electrons. The number of benzene rings is 1. The van der Waals surface area contributed by atoms with E-state index in [1.807, 2.05) is 24.3 Å². The third kappa shape index (κ3) is 3.56. The molecule has 7 heteroatoms. The van der Waals surface area contributed by atoms with Gasteiger partial charge in [-0.15, -0.1) is 11.8 Å². The van der Waals surface area contributed by atoms with Crippen molar-refractivity contribution in [2.75, 3.05) is 0 Å². The molecule has 0 saturated heterocycles. The summed E-state index contributed by atoms with van der Waals surface area (Å²) < 4.78 is 7.13. The highest BCUT2D eigenvalue weighted by atomic mass is 35.5. The van der Waals surface area contributed by atoms with E-state index in [0.29, 0.717) is 22.3 Å². The van der Waals surface area contributed by atoms with Gasteiger partial charge in [0.15, 0.2) is 0 Å². The lowest BCUT2D eigenvalue weighted by Gasteiger charge is -2.13. The molecule has 0 saturated carbocycles.